The molecule has 6 nitrogen and oxygen atoms in total. The number of nitrogens with zero attached hydrogens (tertiary/aromatic N) is 1. The molecule has 1 amide bonds. The highest BCUT2D eigenvalue weighted by Gasteiger charge is 2.14. The fourth-order valence-electron chi connectivity index (χ4n) is 1.21. The van der Waals surface area contributed by atoms with E-state index in [4.69, 9.17) is 14.1 Å². The van der Waals surface area contributed by atoms with Crippen LogP contribution < -0.4 is 5.48 Å². The molecular formula is C11H12N2O4S. The van der Waals surface area contributed by atoms with Crippen molar-refractivity contribution >= 4 is 17.2 Å². The Balaban J connectivity index is 1.91. The zero-order valence-electron chi connectivity index (χ0n) is 9.71. The van der Waals surface area contributed by atoms with Gasteiger partial charge in [0.1, 0.15) is 0 Å². The van der Waals surface area contributed by atoms with Crippen LogP contribution in [0.5, 0.6) is 0 Å². The number of thiophene rings is 1. The van der Waals surface area contributed by atoms with Crippen molar-refractivity contribution in [3.05, 3.63) is 29.3 Å². The predicted molar refractivity (Wildman–Crippen MR) is 65.1 cm³/mol. The number of nitrogens with one attached hydrogen (secondary N) is 1. The zero-order valence-corrected chi connectivity index (χ0v) is 10.5. The third kappa shape index (κ3) is 3.16. The largest absolute Gasteiger partial charge is 0.382 e. The molecule has 0 radical (unpaired) electrons. The van der Waals surface area contributed by atoms with E-state index in [1.165, 1.54) is 11.3 Å². The summed E-state index contributed by atoms with van der Waals surface area (Å²) in [5.41, 5.74) is 2.43. The maximum atomic E-state index is 11.6. The summed E-state index contributed by atoms with van der Waals surface area (Å²) < 4.78 is 9.85. The molecule has 18 heavy (non-hydrogen) atoms. The average Bonchev–Trinajstić information content (AvgIpc) is 3.03. The van der Waals surface area contributed by atoms with Crippen LogP contribution in [-0.2, 0) is 9.57 Å². The van der Waals surface area contributed by atoms with E-state index in [9.17, 15) is 4.79 Å². The molecule has 2 aromatic heterocycles. The molecule has 2 aromatic rings. The van der Waals surface area contributed by atoms with Crippen LogP contribution in [0, 0.1) is 0 Å². The second-order valence-electron chi connectivity index (χ2n) is 3.33. The SMILES string of the molecule is COCCONC(=O)c1cc(-c2cccs2)on1. The summed E-state index contributed by atoms with van der Waals surface area (Å²) in [4.78, 5) is 17.4. The molecule has 0 bridgehead atoms. The Kier molecular flexibility index (Phi) is 4.46. The van der Waals surface area contributed by atoms with E-state index in [1.807, 2.05) is 17.5 Å². The first kappa shape index (κ1) is 12.7. The molecule has 1 N–H and O–H groups in total. The molecule has 2 rings (SSSR count). The first-order valence-corrected chi connectivity index (χ1v) is 6.11. The molecule has 0 fully saturated rings. The van der Waals surface area contributed by atoms with Gasteiger partial charge >= 0.3 is 0 Å². The Labute approximate surface area is 107 Å². The van der Waals surface area contributed by atoms with Crippen molar-refractivity contribution in [1.29, 1.82) is 0 Å². The van der Waals surface area contributed by atoms with Crippen molar-refractivity contribution in [3.63, 3.8) is 0 Å². The minimum atomic E-state index is -0.447. The lowest BCUT2D eigenvalue weighted by atomic mass is 10.3. The minimum absolute atomic E-state index is 0.177. The summed E-state index contributed by atoms with van der Waals surface area (Å²) >= 11 is 1.51. The molecule has 96 valence electrons. The summed E-state index contributed by atoms with van der Waals surface area (Å²) in [7, 11) is 1.55. The molecular weight excluding hydrogens is 256 g/mol. The summed E-state index contributed by atoms with van der Waals surface area (Å²) in [5.74, 6) is 0.115. The third-order valence-electron chi connectivity index (χ3n) is 2.06. The van der Waals surface area contributed by atoms with Gasteiger partial charge in [0.25, 0.3) is 5.91 Å². The van der Waals surface area contributed by atoms with Crippen LogP contribution in [0.3, 0.4) is 0 Å². The summed E-state index contributed by atoms with van der Waals surface area (Å²) in [5, 5.41) is 5.60. The van der Waals surface area contributed by atoms with Crippen molar-refractivity contribution in [2.45, 2.75) is 0 Å². The monoisotopic (exact) mass is 268 g/mol. The minimum Gasteiger partial charge on any atom is -0.382 e. The Morgan fingerprint density at radius 1 is 1.56 bits per heavy atom. The molecule has 0 aliphatic rings. The van der Waals surface area contributed by atoms with Gasteiger partial charge in [0.05, 0.1) is 18.1 Å². The molecule has 2 heterocycles. The number of amides is 1. The first-order valence-electron chi connectivity index (χ1n) is 5.23. The van der Waals surface area contributed by atoms with Gasteiger partial charge in [-0.15, -0.1) is 11.3 Å². The van der Waals surface area contributed by atoms with Gasteiger partial charge in [-0.1, -0.05) is 11.2 Å². The lowest BCUT2D eigenvalue weighted by Crippen LogP contribution is -2.25. The fourth-order valence-corrected chi connectivity index (χ4v) is 1.88. The summed E-state index contributed by atoms with van der Waals surface area (Å²) in [6, 6.07) is 5.36. The highest BCUT2D eigenvalue weighted by atomic mass is 32.1. The number of methoxy groups -OCH3 is 1. The Hall–Kier alpha value is -1.70. The third-order valence-corrected chi connectivity index (χ3v) is 2.95. The van der Waals surface area contributed by atoms with Gasteiger partial charge in [0.15, 0.2) is 11.5 Å². The maximum absolute atomic E-state index is 11.6. The summed E-state index contributed by atoms with van der Waals surface area (Å²) in [6.45, 7) is 0.678. The second-order valence-corrected chi connectivity index (χ2v) is 4.27. The number of carbonyl (C=O) groups is 1. The smallest absolute Gasteiger partial charge is 0.297 e. The van der Waals surface area contributed by atoms with E-state index in [0.29, 0.717) is 12.4 Å². The average molecular weight is 268 g/mol. The van der Waals surface area contributed by atoms with E-state index in [0.717, 1.165) is 4.88 Å². The van der Waals surface area contributed by atoms with Gasteiger partial charge in [-0.05, 0) is 11.4 Å². The number of hydrogen-bond acceptors (Lipinski definition) is 6. The molecule has 0 atom stereocenters. The zero-order chi connectivity index (χ0) is 12.8. The molecule has 0 unspecified atom stereocenters. The van der Waals surface area contributed by atoms with Crippen LogP contribution in [0.15, 0.2) is 28.1 Å². The van der Waals surface area contributed by atoms with E-state index in [-0.39, 0.29) is 12.3 Å². The first-order chi connectivity index (χ1) is 8.81. The van der Waals surface area contributed by atoms with E-state index < -0.39 is 5.91 Å². The maximum Gasteiger partial charge on any atom is 0.297 e. The molecule has 0 aromatic carbocycles. The van der Waals surface area contributed by atoms with Crippen molar-refractivity contribution < 1.29 is 18.9 Å². The van der Waals surface area contributed by atoms with E-state index >= 15 is 0 Å². The highest BCUT2D eigenvalue weighted by Crippen LogP contribution is 2.24. The van der Waals surface area contributed by atoms with Gasteiger partial charge < -0.3 is 9.26 Å². The molecule has 0 aliphatic heterocycles. The van der Waals surface area contributed by atoms with Crippen molar-refractivity contribution in [1.82, 2.24) is 10.6 Å². The molecule has 7 heteroatoms. The number of ether oxygens (including phenoxy) is 1. The number of hydroxylamine groups is 1. The number of hydrogen-bond donors (Lipinski definition) is 1. The number of rotatable bonds is 6. The lowest BCUT2D eigenvalue weighted by molar-refractivity contribution is 0.00838. The van der Waals surface area contributed by atoms with Crippen molar-refractivity contribution in [2.24, 2.45) is 0 Å². The van der Waals surface area contributed by atoms with Crippen LogP contribution in [0.4, 0.5) is 0 Å². The lowest BCUT2D eigenvalue weighted by Gasteiger charge is -2.02. The standard InChI is InChI=1S/C11H12N2O4S/c1-15-4-5-16-13-11(14)8-7-9(17-12-8)10-3-2-6-18-10/h2-3,6-7H,4-5H2,1H3,(H,13,14). The number of aromatic nitrogens is 1. The topological polar surface area (TPSA) is 73.6 Å². The van der Waals surface area contributed by atoms with E-state index in [1.54, 1.807) is 13.2 Å². The normalized spacial score (nSPS) is 10.5. The second kappa shape index (κ2) is 6.29. The van der Waals surface area contributed by atoms with Gasteiger partial charge in [0.2, 0.25) is 0 Å². The predicted octanol–water partition coefficient (Wildman–Crippen LogP) is 1.71. The van der Waals surface area contributed by atoms with Crippen LogP contribution in [-0.4, -0.2) is 31.4 Å². The van der Waals surface area contributed by atoms with Crippen molar-refractivity contribution in [3.8, 4) is 10.6 Å². The van der Waals surface area contributed by atoms with Gasteiger partial charge in [-0.3, -0.25) is 9.63 Å². The van der Waals surface area contributed by atoms with Gasteiger partial charge in [-0.25, -0.2) is 5.48 Å². The highest BCUT2D eigenvalue weighted by molar-refractivity contribution is 7.13. The van der Waals surface area contributed by atoms with E-state index in [2.05, 4.69) is 10.6 Å². The van der Waals surface area contributed by atoms with Crippen LogP contribution in [0.1, 0.15) is 10.5 Å². The Morgan fingerprint density at radius 3 is 3.17 bits per heavy atom. The van der Waals surface area contributed by atoms with Crippen LogP contribution >= 0.6 is 11.3 Å². The quantitative estimate of drug-likeness (QED) is 0.637. The van der Waals surface area contributed by atoms with Gasteiger partial charge in [-0.2, -0.15) is 0 Å². The number of carbonyl (C=O) groups excluding carboxylic acids is 1. The summed E-state index contributed by atoms with van der Waals surface area (Å²) in [6.07, 6.45) is 0. The molecule has 0 saturated carbocycles. The Morgan fingerprint density at radius 2 is 2.44 bits per heavy atom. The molecule has 0 saturated heterocycles. The van der Waals surface area contributed by atoms with Crippen LogP contribution in [0.2, 0.25) is 0 Å². The van der Waals surface area contributed by atoms with Gasteiger partial charge in [0, 0.05) is 13.2 Å². The fraction of sp³-hybridized carbons (Fsp3) is 0.273. The van der Waals surface area contributed by atoms with Crippen LogP contribution in [0.25, 0.3) is 10.6 Å². The molecule has 0 aliphatic carbocycles. The Bertz CT molecular complexity index is 495. The molecule has 0 spiro atoms. The van der Waals surface area contributed by atoms with Crippen molar-refractivity contribution in [2.75, 3.05) is 20.3 Å².